The molecular weight excluding hydrogens is 310 g/mol. The van der Waals surface area contributed by atoms with E-state index >= 15 is 0 Å². The fraction of sp³-hybridized carbons (Fsp3) is 0.278. The molecule has 0 atom stereocenters. The highest BCUT2D eigenvalue weighted by Gasteiger charge is 2.14. The molecule has 0 saturated carbocycles. The van der Waals surface area contributed by atoms with Gasteiger partial charge in [-0.1, -0.05) is 18.2 Å². The predicted molar refractivity (Wildman–Crippen MR) is 92.6 cm³/mol. The second kappa shape index (κ2) is 7.42. The first-order valence-corrected chi connectivity index (χ1v) is 8.56. The van der Waals surface area contributed by atoms with Crippen molar-refractivity contribution in [2.75, 3.05) is 30.9 Å². The van der Waals surface area contributed by atoms with Crippen LogP contribution in [-0.2, 0) is 4.79 Å². The molecule has 0 bridgehead atoms. The van der Waals surface area contributed by atoms with Gasteiger partial charge in [-0.15, -0.1) is 11.8 Å². The van der Waals surface area contributed by atoms with Crippen molar-refractivity contribution in [3.05, 3.63) is 48.5 Å². The summed E-state index contributed by atoms with van der Waals surface area (Å²) in [4.78, 5) is 15.0. The number of carbonyl (C=O) groups excluding carboxylic acids is 1. The van der Waals surface area contributed by atoms with Crippen LogP contribution >= 0.6 is 11.8 Å². The van der Waals surface area contributed by atoms with Crippen molar-refractivity contribution < 1.29 is 14.3 Å². The summed E-state index contributed by atoms with van der Waals surface area (Å²) in [7, 11) is 1.80. The van der Waals surface area contributed by atoms with E-state index in [1.807, 2.05) is 48.5 Å². The molecular formula is C18H19NO3S. The van der Waals surface area contributed by atoms with Gasteiger partial charge in [0.05, 0.1) is 19.0 Å². The van der Waals surface area contributed by atoms with Gasteiger partial charge in [0, 0.05) is 24.1 Å². The van der Waals surface area contributed by atoms with E-state index in [2.05, 4.69) is 0 Å². The molecule has 0 spiro atoms. The van der Waals surface area contributed by atoms with Crippen LogP contribution in [0.25, 0.3) is 0 Å². The first-order chi connectivity index (χ1) is 11.2. The van der Waals surface area contributed by atoms with Gasteiger partial charge in [0.1, 0.15) is 0 Å². The van der Waals surface area contributed by atoms with Gasteiger partial charge in [0.15, 0.2) is 11.5 Å². The summed E-state index contributed by atoms with van der Waals surface area (Å²) >= 11 is 1.50. The largest absolute Gasteiger partial charge is 0.490 e. The maximum absolute atomic E-state index is 12.3. The van der Waals surface area contributed by atoms with Crippen LogP contribution in [0.4, 0.5) is 5.69 Å². The molecule has 1 aliphatic heterocycles. The lowest BCUT2D eigenvalue weighted by Crippen LogP contribution is -2.27. The number of ether oxygens (including phenoxy) is 2. The first kappa shape index (κ1) is 15.7. The molecule has 2 aromatic carbocycles. The number of carbonyl (C=O) groups is 1. The lowest BCUT2D eigenvalue weighted by molar-refractivity contribution is -0.115. The molecule has 0 aliphatic carbocycles. The van der Waals surface area contributed by atoms with Crippen molar-refractivity contribution >= 4 is 23.4 Å². The van der Waals surface area contributed by atoms with Crippen LogP contribution in [0.3, 0.4) is 0 Å². The summed E-state index contributed by atoms with van der Waals surface area (Å²) in [5.41, 5.74) is 0.900. The van der Waals surface area contributed by atoms with Gasteiger partial charge in [0.25, 0.3) is 0 Å². The van der Waals surface area contributed by atoms with E-state index in [-0.39, 0.29) is 5.91 Å². The molecule has 0 saturated heterocycles. The Hall–Kier alpha value is -2.14. The van der Waals surface area contributed by atoms with E-state index < -0.39 is 0 Å². The van der Waals surface area contributed by atoms with Crippen LogP contribution in [0, 0.1) is 0 Å². The van der Waals surface area contributed by atoms with E-state index in [1.165, 1.54) is 11.8 Å². The van der Waals surface area contributed by atoms with E-state index in [0.717, 1.165) is 28.5 Å². The van der Waals surface area contributed by atoms with E-state index in [1.54, 1.807) is 11.9 Å². The van der Waals surface area contributed by atoms with Gasteiger partial charge in [-0.25, -0.2) is 0 Å². The number of nitrogens with zero attached hydrogens (tertiary/aromatic N) is 1. The highest BCUT2D eigenvalue weighted by atomic mass is 32.2. The van der Waals surface area contributed by atoms with Crippen molar-refractivity contribution in [1.82, 2.24) is 0 Å². The molecule has 0 fully saturated rings. The number of fused-ring (bicyclic) bond motifs is 1. The molecule has 1 amide bonds. The topological polar surface area (TPSA) is 38.8 Å². The molecule has 0 unspecified atom stereocenters. The minimum absolute atomic E-state index is 0.0633. The van der Waals surface area contributed by atoms with Gasteiger partial charge >= 0.3 is 0 Å². The molecule has 23 heavy (non-hydrogen) atoms. The van der Waals surface area contributed by atoms with Gasteiger partial charge in [-0.3, -0.25) is 4.79 Å². The highest BCUT2D eigenvalue weighted by Crippen LogP contribution is 2.34. The fourth-order valence-corrected chi connectivity index (χ4v) is 3.11. The van der Waals surface area contributed by atoms with Crippen LogP contribution < -0.4 is 14.4 Å². The minimum Gasteiger partial charge on any atom is -0.490 e. The molecule has 120 valence electrons. The van der Waals surface area contributed by atoms with Crippen molar-refractivity contribution in [2.45, 2.75) is 11.3 Å². The molecule has 1 heterocycles. The van der Waals surface area contributed by atoms with Gasteiger partial charge in [0.2, 0.25) is 5.91 Å². The zero-order valence-corrected chi connectivity index (χ0v) is 13.8. The van der Waals surface area contributed by atoms with Crippen LogP contribution in [0.1, 0.15) is 6.42 Å². The van der Waals surface area contributed by atoms with E-state index in [0.29, 0.717) is 19.0 Å². The zero-order valence-electron chi connectivity index (χ0n) is 13.0. The normalized spacial score (nSPS) is 13.3. The predicted octanol–water partition coefficient (Wildman–Crippen LogP) is 3.60. The third-order valence-electron chi connectivity index (χ3n) is 3.60. The Balaban J connectivity index is 1.62. The number of thioether (sulfide) groups is 1. The number of para-hydroxylation sites is 1. The second-order valence-electron chi connectivity index (χ2n) is 5.24. The van der Waals surface area contributed by atoms with Crippen LogP contribution in [0.15, 0.2) is 53.4 Å². The quantitative estimate of drug-likeness (QED) is 0.804. The summed E-state index contributed by atoms with van der Waals surface area (Å²) in [6.45, 7) is 1.34. The number of anilines is 1. The zero-order chi connectivity index (χ0) is 16.1. The number of amides is 1. The van der Waals surface area contributed by atoms with E-state index in [4.69, 9.17) is 9.47 Å². The summed E-state index contributed by atoms with van der Waals surface area (Å²) < 4.78 is 11.3. The average molecular weight is 329 g/mol. The molecule has 0 N–H and O–H groups in total. The van der Waals surface area contributed by atoms with Crippen LogP contribution in [0.5, 0.6) is 11.5 Å². The Morgan fingerprint density at radius 1 is 1.09 bits per heavy atom. The number of hydrogen-bond donors (Lipinski definition) is 0. The number of hydrogen-bond acceptors (Lipinski definition) is 4. The Labute approximate surface area is 140 Å². The SMILES string of the molecule is CN(C(=O)CSc1ccc2c(c1)OCCCO2)c1ccccc1. The van der Waals surface area contributed by atoms with Crippen LogP contribution in [-0.4, -0.2) is 31.9 Å². The Bertz CT molecular complexity index is 675. The van der Waals surface area contributed by atoms with Gasteiger partial charge < -0.3 is 14.4 Å². The van der Waals surface area contributed by atoms with Crippen LogP contribution in [0.2, 0.25) is 0 Å². The lowest BCUT2D eigenvalue weighted by Gasteiger charge is -2.17. The lowest BCUT2D eigenvalue weighted by atomic mass is 10.3. The summed E-state index contributed by atoms with van der Waals surface area (Å²) in [6.07, 6.45) is 0.886. The van der Waals surface area contributed by atoms with Gasteiger partial charge in [-0.05, 0) is 30.3 Å². The second-order valence-corrected chi connectivity index (χ2v) is 6.28. The Morgan fingerprint density at radius 3 is 2.61 bits per heavy atom. The molecule has 3 rings (SSSR count). The number of rotatable bonds is 4. The summed E-state index contributed by atoms with van der Waals surface area (Å²) in [5, 5.41) is 0. The average Bonchev–Trinajstić information content (AvgIpc) is 2.84. The molecule has 2 aromatic rings. The fourth-order valence-electron chi connectivity index (χ4n) is 2.27. The third-order valence-corrected chi connectivity index (χ3v) is 4.58. The monoisotopic (exact) mass is 329 g/mol. The summed E-state index contributed by atoms with van der Waals surface area (Å²) in [6, 6.07) is 15.5. The van der Waals surface area contributed by atoms with Crippen molar-refractivity contribution in [2.24, 2.45) is 0 Å². The molecule has 5 heteroatoms. The smallest absolute Gasteiger partial charge is 0.237 e. The molecule has 1 aliphatic rings. The Kier molecular flexibility index (Phi) is 5.08. The van der Waals surface area contributed by atoms with E-state index in [9.17, 15) is 4.79 Å². The van der Waals surface area contributed by atoms with Crippen molar-refractivity contribution in [1.29, 1.82) is 0 Å². The molecule has 0 radical (unpaired) electrons. The first-order valence-electron chi connectivity index (χ1n) is 7.58. The van der Waals surface area contributed by atoms with Crippen molar-refractivity contribution in [3.63, 3.8) is 0 Å². The van der Waals surface area contributed by atoms with Crippen molar-refractivity contribution in [3.8, 4) is 11.5 Å². The Morgan fingerprint density at radius 2 is 1.83 bits per heavy atom. The minimum atomic E-state index is 0.0633. The molecule has 0 aromatic heterocycles. The third kappa shape index (κ3) is 3.99. The summed E-state index contributed by atoms with van der Waals surface area (Å²) in [5.74, 6) is 1.98. The maximum Gasteiger partial charge on any atom is 0.237 e. The highest BCUT2D eigenvalue weighted by molar-refractivity contribution is 8.00. The van der Waals surface area contributed by atoms with Gasteiger partial charge in [-0.2, -0.15) is 0 Å². The molecule has 4 nitrogen and oxygen atoms in total. The maximum atomic E-state index is 12.3. The number of benzene rings is 2. The standard InChI is InChI=1S/C18H19NO3S/c1-19(14-6-3-2-4-7-14)18(20)13-23-15-8-9-16-17(12-15)22-11-5-10-21-16/h2-4,6-9,12H,5,10-11,13H2,1H3.